The van der Waals surface area contributed by atoms with E-state index in [1.54, 1.807) is 0 Å². The van der Waals surface area contributed by atoms with Crippen LogP contribution in [0, 0.1) is 0 Å². The van der Waals surface area contributed by atoms with Gasteiger partial charge >= 0.3 is 0 Å². The predicted molar refractivity (Wildman–Crippen MR) is 86.7 cm³/mol. The molecule has 6 nitrogen and oxygen atoms in total. The molecule has 2 fully saturated rings. The molecule has 1 atom stereocenters. The monoisotopic (exact) mass is 306 g/mol. The zero-order chi connectivity index (χ0) is 15.4. The summed E-state index contributed by atoms with van der Waals surface area (Å²) in [5.74, 6) is 1.10. The van der Waals surface area contributed by atoms with Crippen LogP contribution in [0.3, 0.4) is 0 Å². The molecule has 124 valence electrons. The topological polar surface area (TPSA) is 50.1 Å². The van der Waals surface area contributed by atoms with Crippen molar-refractivity contribution in [3.8, 4) is 0 Å². The SMILES string of the molecule is CC[C@H](c1nnnn1C1CCCCC1)N1CCN(CC)CC1. The molecule has 0 aromatic carbocycles. The third kappa shape index (κ3) is 3.33. The minimum atomic E-state index is 0.371. The minimum absolute atomic E-state index is 0.371. The summed E-state index contributed by atoms with van der Waals surface area (Å²) < 4.78 is 2.15. The second kappa shape index (κ2) is 7.51. The molecule has 2 aliphatic rings. The van der Waals surface area contributed by atoms with Crippen LogP contribution in [0.1, 0.15) is 70.3 Å². The average Bonchev–Trinajstić information content (AvgIpc) is 3.06. The number of hydrogen-bond acceptors (Lipinski definition) is 5. The van der Waals surface area contributed by atoms with Crippen LogP contribution in [0.25, 0.3) is 0 Å². The van der Waals surface area contributed by atoms with E-state index in [2.05, 4.69) is 43.9 Å². The Morgan fingerprint density at radius 3 is 2.41 bits per heavy atom. The van der Waals surface area contributed by atoms with E-state index in [0.717, 1.165) is 45.0 Å². The molecule has 3 rings (SSSR count). The number of rotatable bonds is 5. The molecule has 0 amide bonds. The van der Waals surface area contributed by atoms with E-state index in [1.807, 2.05) is 0 Å². The van der Waals surface area contributed by atoms with Crippen LogP contribution in [0.5, 0.6) is 0 Å². The smallest absolute Gasteiger partial charge is 0.168 e. The van der Waals surface area contributed by atoms with E-state index in [4.69, 9.17) is 0 Å². The summed E-state index contributed by atoms with van der Waals surface area (Å²) in [5, 5.41) is 12.8. The normalized spacial score (nSPS) is 23.7. The fraction of sp³-hybridized carbons (Fsp3) is 0.938. The van der Waals surface area contributed by atoms with Crippen molar-refractivity contribution in [2.24, 2.45) is 0 Å². The molecule has 1 aliphatic carbocycles. The molecule has 0 spiro atoms. The molecule has 0 bridgehead atoms. The summed E-state index contributed by atoms with van der Waals surface area (Å²) in [6, 6.07) is 0.890. The molecule has 0 radical (unpaired) electrons. The quantitative estimate of drug-likeness (QED) is 0.835. The minimum Gasteiger partial charge on any atom is -0.301 e. The molecular weight excluding hydrogens is 276 g/mol. The summed E-state index contributed by atoms with van der Waals surface area (Å²) in [6.07, 6.45) is 7.55. The maximum absolute atomic E-state index is 4.42. The van der Waals surface area contributed by atoms with Crippen molar-refractivity contribution in [2.75, 3.05) is 32.7 Å². The third-order valence-electron chi connectivity index (χ3n) is 5.42. The van der Waals surface area contributed by atoms with Gasteiger partial charge in [-0.2, -0.15) is 0 Å². The van der Waals surface area contributed by atoms with E-state index in [1.165, 1.54) is 32.1 Å². The largest absolute Gasteiger partial charge is 0.301 e. The Morgan fingerprint density at radius 1 is 1.05 bits per heavy atom. The molecule has 1 saturated carbocycles. The summed E-state index contributed by atoms with van der Waals surface area (Å²) in [4.78, 5) is 5.10. The molecule has 1 aliphatic heterocycles. The van der Waals surface area contributed by atoms with E-state index in [0.29, 0.717) is 12.1 Å². The summed E-state index contributed by atoms with van der Waals surface area (Å²) in [6.45, 7) is 10.3. The van der Waals surface area contributed by atoms with Gasteiger partial charge in [-0.1, -0.05) is 33.1 Å². The number of piperazine rings is 1. The Kier molecular flexibility index (Phi) is 5.41. The Hall–Kier alpha value is -1.01. The Labute approximate surface area is 133 Å². The Bertz CT molecular complexity index is 445. The number of likely N-dealkylation sites (N-methyl/N-ethyl adjacent to an activating group) is 1. The first-order valence-corrected chi connectivity index (χ1v) is 9.07. The van der Waals surface area contributed by atoms with E-state index in [9.17, 15) is 0 Å². The fourth-order valence-electron chi connectivity index (χ4n) is 4.00. The first kappa shape index (κ1) is 15.9. The van der Waals surface area contributed by atoms with Gasteiger partial charge < -0.3 is 4.90 Å². The van der Waals surface area contributed by atoms with Gasteiger partial charge in [0, 0.05) is 26.2 Å². The zero-order valence-corrected chi connectivity index (χ0v) is 14.1. The molecular formula is C16H30N6. The predicted octanol–water partition coefficient (Wildman–Crippen LogP) is 2.27. The number of nitrogens with zero attached hydrogens (tertiary/aromatic N) is 6. The lowest BCUT2D eigenvalue weighted by Crippen LogP contribution is -2.47. The average molecular weight is 306 g/mol. The number of tetrazole rings is 1. The molecule has 6 heteroatoms. The van der Waals surface area contributed by atoms with Crippen LogP contribution in [0.15, 0.2) is 0 Å². The van der Waals surface area contributed by atoms with Gasteiger partial charge in [0.1, 0.15) is 0 Å². The van der Waals surface area contributed by atoms with Crippen LogP contribution in [-0.2, 0) is 0 Å². The number of hydrogen-bond donors (Lipinski definition) is 0. The maximum Gasteiger partial charge on any atom is 0.168 e. The lowest BCUT2D eigenvalue weighted by molar-refractivity contribution is 0.0895. The second-order valence-electron chi connectivity index (χ2n) is 6.67. The highest BCUT2D eigenvalue weighted by atomic mass is 15.6. The molecule has 1 aromatic heterocycles. The van der Waals surface area contributed by atoms with E-state index in [-0.39, 0.29) is 0 Å². The van der Waals surface area contributed by atoms with Crippen LogP contribution >= 0.6 is 0 Å². The standard InChI is InChI=1S/C16H30N6/c1-3-15(21-12-10-20(4-2)11-13-21)16-17-18-19-22(16)14-8-6-5-7-9-14/h14-15H,3-13H2,1-2H3/t15-/m1/s1. The summed E-state index contributed by atoms with van der Waals surface area (Å²) in [7, 11) is 0. The Morgan fingerprint density at radius 2 is 1.77 bits per heavy atom. The lowest BCUT2D eigenvalue weighted by atomic mass is 9.95. The first-order chi connectivity index (χ1) is 10.8. The van der Waals surface area contributed by atoms with Gasteiger partial charge in [0.15, 0.2) is 5.82 Å². The van der Waals surface area contributed by atoms with Crippen molar-refractivity contribution in [1.29, 1.82) is 0 Å². The van der Waals surface area contributed by atoms with Gasteiger partial charge in [0.05, 0.1) is 12.1 Å². The molecule has 0 N–H and O–H groups in total. The van der Waals surface area contributed by atoms with Gasteiger partial charge in [0.25, 0.3) is 0 Å². The summed E-state index contributed by atoms with van der Waals surface area (Å²) in [5.41, 5.74) is 0. The van der Waals surface area contributed by atoms with E-state index < -0.39 is 0 Å². The van der Waals surface area contributed by atoms with Crippen LogP contribution < -0.4 is 0 Å². The van der Waals surface area contributed by atoms with Crippen LogP contribution in [0.2, 0.25) is 0 Å². The molecule has 1 aromatic rings. The molecule has 22 heavy (non-hydrogen) atoms. The van der Waals surface area contributed by atoms with Crippen molar-refractivity contribution in [3.63, 3.8) is 0 Å². The lowest BCUT2D eigenvalue weighted by Gasteiger charge is -2.38. The number of aromatic nitrogens is 4. The Balaban J connectivity index is 1.72. The van der Waals surface area contributed by atoms with Gasteiger partial charge in [-0.3, -0.25) is 4.90 Å². The van der Waals surface area contributed by atoms with Gasteiger partial charge in [-0.05, 0) is 36.2 Å². The van der Waals surface area contributed by atoms with Crippen LogP contribution in [-0.4, -0.2) is 62.7 Å². The summed E-state index contributed by atoms with van der Waals surface area (Å²) >= 11 is 0. The first-order valence-electron chi connectivity index (χ1n) is 9.07. The zero-order valence-electron chi connectivity index (χ0n) is 14.1. The highest BCUT2D eigenvalue weighted by molar-refractivity contribution is 4.96. The van der Waals surface area contributed by atoms with Gasteiger partial charge in [-0.15, -0.1) is 5.10 Å². The fourth-order valence-corrected chi connectivity index (χ4v) is 4.00. The van der Waals surface area contributed by atoms with Crippen molar-refractivity contribution >= 4 is 0 Å². The molecule has 2 heterocycles. The van der Waals surface area contributed by atoms with Crippen molar-refractivity contribution in [1.82, 2.24) is 30.0 Å². The highest BCUT2D eigenvalue weighted by Crippen LogP contribution is 2.31. The molecule has 1 saturated heterocycles. The van der Waals surface area contributed by atoms with Crippen molar-refractivity contribution in [2.45, 2.75) is 64.5 Å². The third-order valence-corrected chi connectivity index (χ3v) is 5.42. The molecule has 0 unspecified atom stereocenters. The van der Waals surface area contributed by atoms with Crippen molar-refractivity contribution < 1.29 is 0 Å². The van der Waals surface area contributed by atoms with Gasteiger partial charge in [-0.25, -0.2) is 4.68 Å². The highest BCUT2D eigenvalue weighted by Gasteiger charge is 2.29. The van der Waals surface area contributed by atoms with Crippen LogP contribution in [0.4, 0.5) is 0 Å². The van der Waals surface area contributed by atoms with Crippen molar-refractivity contribution in [3.05, 3.63) is 5.82 Å². The van der Waals surface area contributed by atoms with Gasteiger partial charge in [0.2, 0.25) is 0 Å². The van der Waals surface area contributed by atoms with E-state index >= 15 is 0 Å². The second-order valence-corrected chi connectivity index (χ2v) is 6.67. The maximum atomic E-state index is 4.42.